The molecule has 5 nitrogen and oxygen atoms in total. The summed E-state index contributed by atoms with van der Waals surface area (Å²) in [4.78, 5) is 25.1. The average molecular weight is 304 g/mol. The number of nitrogens with zero attached hydrogens (tertiary/aromatic N) is 1. The molecule has 1 aromatic carbocycles. The molecular formula is C17H24N2O3. The van der Waals surface area contributed by atoms with Gasteiger partial charge in [-0.1, -0.05) is 32.0 Å². The van der Waals surface area contributed by atoms with E-state index < -0.39 is 18.1 Å². The molecule has 22 heavy (non-hydrogen) atoms. The molecule has 2 N–H and O–H groups in total. The highest BCUT2D eigenvalue weighted by Crippen LogP contribution is 2.28. The largest absolute Gasteiger partial charge is 0.381 e. The number of hydrogen-bond donors (Lipinski definition) is 2. The first kappa shape index (κ1) is 16.5. The van der Waals surface area contributed by atoms with Crippen LogP contribution in [0.4, 0.5) is 5.69 Å². The van der Waals surface area contributed by atoms with Crippen molar-refractivity contribution in [1.29, 1.82) is 0 Å². The smallest absolute Gasteiger partial charge is 0.251 e. The van der Waals surface area contributed by atoms with E-state index in [1.807, 2.05) is 32.0 Å². The van der Waals surface area contributed by atoms with Gasteiger partial charge in [-0.2, -0.15) is 0 Å². The number of rotatable bonds is 8. The third-order valence-corrected chi connectivity index (χ3v) is 4.03. The molecule has 1 aromatic rings. The SMILES string of the molecule is CC(C)C(C(O)C(=O)NCC1CC1)N(C=O)c1ccccc1. The van der Waals surface area contributed by atoms with Crippen molar-refractivity contribution in [1.82, 2.24) is 5.32 Å². The van der Waals surface area contributed by atoms with Crippen LogP contribution in [0.15, 0.2) is 30.3 Å². The molecule has 0 aliphatic heterocycles. The minimum absolute atomic E-state index is 0.0629. The first-order chi connectivity index (χ1) is 10.5. The zero-order valence-electron chi connectivity index (χ0n) is 13.1. The monoisotopic (exact) mass is 304 g/mol. The number of hydrogen-bond acceptors (Lipinski definition) is 3. The van der Waals surface area contributed by atoms with E-state index in [9.17, 15) is 14.7 Å². The van der Waals surface area contributed by atoms with E-state index in [4.69, 9.17) is 0 Å². The van der Waals surface area contributed by atoms with Crippen LogP contribution in [-0.2, 0) is 9.59 Å². The number of aliphatic hydroxyl groups is 1. The Kier molecular flexibility index (Phi) is 5.55. The zero-order valence-corrected chi connectivity index (χ0v) is 13.1. The summed E-state index contributed by atoms with van der Waals surface area (Å²) in [5.41, 5.74) is 0.672. The molecule has 0 heterocycles. The van der Waals surface area contributed by atoms with Crippen LogP contribution in [0.2, 0.25) is 0 Å². The summed E-state index contributed by atoms with van der Waals surface area (Å²) in [6.07, 6.45) is 1.70. The topological polar surface area (TPSA) is 69.6 Å². The molecule has 120 valence electrons. The number of anilines is 1. The van der Waals surface area contributed by atoms with Crippen molar-refractivity contribution in [3.05, 3.63) is 30.3 Å². The van der Waals surface area contributed by atoms with E-state index in [-0.39, 0.29) is 5.92 Å². The van der Waals surface area contributed by atoms with E-state index in [0.29, 0.717) is 24.6 Å². The Morgan fingerprint density at radius 2 is 2.00 bits per heavy atom. The third kappa shape index (κ3) is 4.07. The lowest BCUT2D eigenvalue weighted by Crippen LogP contribution is -2.53. The zero-order chi connectivity index (χ0) is 16.1. The van der Waals surface area contributed by atoms with Crippen molar-refractivity contribution >= 4 is 18.0 Å². The van der Waals surface area contributed by atoms with Crippen LogP contribution in [-0.4, -0.2) is 36.1 Å². The number of para-hydroxylation sites is 1. The molecule has 0 radical (unpaired) electrons. The van der Waals surface area contributed by atoms with Crippen molar-refractivity contribution in [3.63, 3.8) is 0 Å². The van der Waals surface area contributed by atoms with Crippen molar-refractivity contribution in [3.8, 4) is 0 Å². The molecule has 2 rings (SSSR count). The van der Waals surface area contributed by atoms with Gasteiger partial charge >= 0.3 is 0 Å². The Bertz CT molecular complexity index is 500. The molecule has 2 atom stereocenters. The van der Waals surface area contributed by atoms with Gasteiger partial charge in [0.15, 0.2) is 6.10 Å². The summed E-state index contributed by atoms with van der Waals surface area (Å²) in [6.45, 7) is 4.39. The van der Waals surface area contributed by atoms with Crippen molar-refractivity contribution < 1.29 is 14.7 Å². The molecule has 1 aliphatic carbocycles. The Morgan fingerprint density at radius 1 is 1.36 bits per heavy atom. The molecule has 0 saturated heterocycles. The standard InChI is InChI=1S/C17H24N2O3/c1-12(2)15(16(21)17(22)18-10-13-8-9-13)19(11-20)14-6-4-3-5-7-14/h3-7,11-13,15-16,21H,8-10H2,1-2H3,(H,18,22). The molecule has 1 saturated carbocycles. The van der Waals surface area contributed by atoms with Gasteiger partial charge in [0.05, 0.1) is 6.04 Å². The Labute approximate surface area is 131 Å². The Morgan fingerprint density at radius 3 is 2.50 bits per heavy atom. The fourth-order valence-corrected chi connectivity index (χ4v) is 2.57. The lowest BCUT2D eigenvalue weighted by Gasteiger charge is -2.34. The highest BCUT2D eigenvalue weighted by molar-refractivity contribution is 5.85. The normalized spacial score (nSPS) is 16.9. The lowest BCUT2D eigenvalue weighted by molar-refractivity contribution is -0.131. The van der Waals surface area contributed by atoms with Gasteiger partial charge in [0.25, 0.3) is 5.91 Å². The van der Waals surface area contributed by atoms with Crippen molar-refractivity contribution in [2.75, 3.05) is 11.4 Å². The lowest BCUT2D eigenvalue weighted by atomic mass is 9.95. The summed E-state index contributed by atoms with van der Waals surface area (Å²) < 4.78 is 0. The summed E-state index contributed by atoms with van der Waals surface area (Å²) in [6, 6.07) is 8.48. The van der Waals surface area contributed by atoms with Gasteiger partial charge in [0.2, 0.25) is 6.41 Å². The Hall–Kier alpha value is -1.88. The number of carbonyl (C=O) groups excluding carboxylic acids is 2. The average Bonchev–Trinajstić information content (AvgIpc) is 3.34. The Balaban J connectivity index is 2.12. The fourth-order valence-electron chi connectivity index (χ4n) is 2.57. The maximum atomic E-state index is 12.2. The summed E-state index contributed by atoms with van der Waals surface area (Å²) >= 11 is 0. The molecule has 0 aromatic heterocycles. The number of carbonyl (C=O) groups is 2. The van der Waals surface area contributed by atoms with Gasteiger partial charge in [0.1, 0.15) is 0 Å². The van der Waals surface area contributed by atoms with Crippen molar-refractivity contribution in [2.24, 2.45) is 11.8 Å². The minimum atomic E-state index is -1.25. The quantitative estimate of drug-likeness (QED) is 0.716. The van der Waals surface area contributed by atoms with E-state index in [1.165, 1.54) is 4.90 Å². The number of nitrogens with one attached hydrogen (secondary N) is 1. The first-order valence-corrected chi connectivity index (χ1v) is 7.79. The summed E-state index contributed by atoms with van der Waals surface area (Å²) in [5, 5.41) is 13.2. The molecule has 0 bridgehead atoms. The van der Waals surface area contributed by atoms with Crippen LogP contribution >= 0.6 is 0 Å². The van der Waals surface area contributed by atoms with Gasteiger partial charge in [-0.25, -0.2) is 0 Å². The van der Waals surface area contributed by atoms with Gasteiger partial charge in [-0.3, -0.25) is 9.59 Å². The first-order valence-electron chi connectivity index (χ1n) is 7.79. The van der Waals surface area contributed by atoms with Crippen LogP contribution < -0.4 is 10.2 Å². The van der Waals surface area contributed by atoms with Crippen LogP contribution in [0, 0.1) is 11.8 Å². The summed E-state index contributed by atoms with van der Waals surface area (Å²) in [7, 11) is 0. The van der Waals surface area contributed by atoms with Gasteiger partial charge in [-0.05, 0) is 36.8 Å². The molecule has 5 heteroatoms. The molecular weight excluding hydrogens is 280 g/mol. The van der Waals surface area contributed by atoms with Gasteiger partial charge in [0, 0.05) is 12.2 Å². The summed E-state index contributed by atoms with van der Waals surface area (Å²) in [5.74, 6) is 0.0745. The van der Waals surface area contributed by atoms with Gasteiger partial charge < -0.3 is 15.3 Å². The maximum absolute atomic E-state index is 12.2. The van der Waals surface area contributed by atoms with Crippen LogP contribution in [0.5, 0.6) is 0 Å². The second-order valence-corrected chi connectivity index (χ2v) is 6.22. The fraction of sp³-hybridized carbons (Fsp3) is 0.529. The van der Waals surface area contributed by atoms with E-state index in [1.54, 1.807) is 12.1 Å². The molecule has 2 amide bonds. The highest BCUT2D eigenvalue weighted by Gasteiger charge is 2.34. The predicted molar refractivity (Wildman–Crippen MR) is 85.4 cm³/mol. The van der Waals surface area contributed by atoms with E-state index in [0.717, 1.165) is 12.8 Å². The second-order valence-electron chi connectivity index (χ2n) is 6.22. The number of aliphatic hydroxyl groups excluding tert-OH is 1. The van der Waals surface area contributed by atoms with Crippen LogP contribution in [0.1, 0.15) is 26.7 Å². The second kappa shape index (κ2) is 7.40. The molecule has 1 aliphatic rings. The minimum Gasteiger partial charge on any atom is -0.381 e. The number of benzene rings is 1. The highest BCUT2D eigenvalue weighted by atomic mass is 16.3. The maximum Gasteiger partial charge on any atom is 0.251 e. The van der Waals surface area contributed by atoms with Crippen molar-refractivity contribution in [2.45, 2.75) is 38.8 Å². The van der Waals surface area contributed by atoms with Gasteiger partial charge in [-0.15, -0.1) is 0 Å². The van der Waals surface area contributed by atoms with Crippen LogP contribution in [0.3, 0.4) is 0 Å². The van der Waals surface area contributed by atoms with E-state index >= 15 is 0 Å². The van der Waals surface area contributed by atoms with E-state index in [2.05, 4.69) is 5.32 Å². The number of amides is 2. The molecule has 1 fully saturated rings. The third-order valence-electron chi connectivity index (χ3n) is 4.03. The van der Waals surface area contributed by atoms with Crippen LogP contribution in [0.25, 0.3) is 0 Å². The predicted octanol–water partition coefficient (Wildman–Crippen LogP) is 1.56. The molecule has 0 spiro atoms. The molecule has 2 unspecified atom stereocenters.